The third-order valence-corrected chi connectivity index (χ3v) is 3.16. The molecule has 1 amide bonds. The van der Waals surface area contributed by atoms with Crippen molar-refractivity contribution >= 4 is 5.91 Å². The fourth-order valence-corrected chi connectivity index (χ4v) is 1.98. The van der Waals surface area contributed by atoms with Crippen molar-refractivity contribution in [2.24, 2.45) is 11.7 Å². The zero-order chi connectivity index (χ0) is 10.7. The molecule has 0 aliphatic carbocycles. The monoisotopic (exact) mass is 198 g/mol. The van der Waals surface area contributed by atoms with E-state index < -0.39 is 0 Å². The molecule has 0 radical (unpaired) electrons. The Morgan fingerprint density at radius 2 is 2.14 bits per heavy atom. The van der Waals surface area contributed by atoms with E-state index in [-0.39, 0.29) is 11.9 Å². The molecule has 0 aromatic rings. The summed E-state index contributed by atoms with van der Waals surface area (Å²) in [5.74, 6) is 0.755. The van der Waals surface area contributed by atoms with Crippen molar-refractivity contribution in [2.75, 3.05) is 6.54 Å². The summed E-state index contributed by atoms with van der Waals surface area (Å²) in [4.78, 5) is 13.8. The van der Waals surface area contributed by atoms with E-state index in [1.54, 1.807) is 0 Å². The van der Waals surface area contributed by atoms with Gasteiger partial charge in [-0.1, -0.05) is 13.8 Å². The van der Waals surface area contributed by atoms with Gasteiger partial charge < -0.3 is 10.6 Å². The Balaban J connectivity index is 2.60. The Bertz CT molecular complexity index is 205. The second kappa shape index (κ2) is 4.78. The van der Waals surface area contributed by atoms with Crippen LogP contribution in [0, 0.1) is 5.92 Å². The lowest BCUT2D eigenvalue weighted by Crippen LogP contribution is -2.51. The molecule has 3 atom stereocenters. The molecule has 1 aliphatic heterocycles. The first-order chi connectivity index (χ1) is 6.56. The molecule has 0 spiro atoms. The first-order valence-corrected chi connectivity index (χ1v) is 5.62. The normalized spacial score (nSPS) is 30.1. The fraction of sp³-hybridized carbons (Fsp3) is 0.909. The average molecular weight is 198 g/mol. The number of likely N-dealkylation sites (tertiary alicyclic amines) is 1. The maximum absolute atomic E-state index is 11.9. The number of rotatable bonds is 2. The van der Waals surface area contributed by atoms with Crippen molar-refractivity contribution in [3.8, 4) is 0 Å². The van der Waals surface area contributed by atoms with Gasteiger partial charge in [-0.25, -0.2) is 0 Å². The lowest BCUT2D eigenvalue weighted by atomic mass is 9.94. The van der Waals surface area contributed by atoms with Gasteiger partial charge in [0.15, 0.2) is 0 Å². The van der Waals surface area contributed by atoms with Gasteiger partial charge in [-0.3, -0.25) is 4.79 Å². The highest BCUT2D eigenvalue weighted by Crippen LogP contribution is 2.21. The van der Waals surface area contributed by atoms with Crippen molar-refractivity contribution in [2.45, 2.75) is 52.1 Å². The van der Waals surface area contributed by atoms with Gasteiger partial charge in [-0.05, 0) is 32.1 Å². The smallest absolute Gasteiger partial charge is 0.239 e. The summed E-state index contributed by atoms with van der Waals surface area (Å²) in [5, 5.41) is 0. The molecule has 2 unspecified atom stereocenters. The van der Waals surface area contributed by atoms with Crippen LogP contribution in [0.2, 0.25) is 0 Å². The molecule has 0 saturated carbocycles. The third-order valence-electron chi connectivity index (χ3n) is 3.16. The van der Waals surface area contributed by atoms with Crippen molar-refractivity contribution in [3.05, 3.63) is 0 Å². The highest BCUT2D eigenvalue weighted by atomic mass is 16.2. The Morgan fingerprint density at radius 1 is 1.50 bits per heavy atom. The summed E-state index contributed by atoms with van der Waals surface area (Å²) in [7, 11) is 0. The molecule has 3 heteroatoms. The topological polar surface area (TPSA) is 46.3 Å². The van der Waals surface area contributed by atoms with E-state index in [1.807, 2.05) is 11.8 Å². The zero-order valence-corrected chi connectivity index (χ0v) is 9.49. The maximum atomic E-state index is 11.9. The fourth-order valence-electron chi connectivity index (χ4n) is 1.98. The van der Waals surface area contributed by atoms with Crippen LogP contribution in [0.25, 0.3) is 0 Å². The molecule has 1 aliphatic rings. The molecule has 2 N–H and O–H groups in total. The van der Waals surface area contributed by atoms with Gasteiger partial charge >= 0.3 is 0 Å². The van der Waals surface area contributed by atoms with Crippen molar-refractivity contribution in [1.82, 2.24) is 4.90 Å². The van der Waals surface area contributed by atoms with Crippen LogP contribution in [0.15, 0.2) is 0 Å². The lowest BCUT2D eigenvalue weighted by molar-refractivity contribution is -0.136. The summed E-state index contributed by atoms with van der Waals surface area (Å²) in [6.45, 7) is 7.16. The minimum atomic E-state index is -0.303. The molecule has 82 valence electrons. The summed E-state index contributed by atoms with van der Waals surface area (Å²) in [5.41, 5.74) is 5.76. The predicted molar refractivity (Wildman–Crippen MR) is 57.8 cm³/mol. The van der Waals surface area contributed by atoms with E-state index >= 15 is 0 Å². The average Bonchev–Trinajstić information content (AvgIpc) is 2.19. The molecule has 3 nitrogen and oxygen atoms in total. The number of carbonyl (C=O) groups excluding carboxylic acids is 1. The first kappa shape index (κ1) is 11.5. The van der Waals surface area contributed by atoms with Gasteiger partial charge in [0.05, 0.1) is 6.04 Å². The van der Waals surface area contributed by atoms with Crippen LogP contribution in [0.5, 0.6) is 0 Å². The Hall–Kier alpha value is -0.570. The molecule has 0 aromatic heterocycles. The SMILES string of the molecule is CC[C@H](N)C(=O)N1CC(C)CCC1C. The van der Waals surface area contributed by atoms with Crippen LogP contribution >= 0.6 is 0 Å². The van der Waals surface area contributed by atoms with E-state index in [9.17, 15) is 4.79 Å². The molecule has 1 heterocycles. The number of piperidine rings is 1. The largest absolute Gasteiger partial charge is 0.338 e. The van der Waals surface area contributed by atoms with Crippen LogP contribution in [0.4, 0.5) is 0 Å². The number of nitrogens with two attached hydrogens (primary N) is 1. The minimum absolute atomic E-state index is 0.131. The number of amides is 1. The van der Waals surface area contributed by atoms with Crippen molar-refractivity contribution < 1.29 is 4.79 Å². The van der Waals surface area contributed by atoms with Crippen molar-refractivity contribution in [3.63, 3.8) is 0 Å². The van der Waals surface area contributed by atoms with E-state index in [0.717, 1.165) is 19.4 Å². The molecule has 1 saturated heterocycles. The third kappa shape index (κ3) is 2.47. The summed E-state index contributed by atoms with van der Waals surface area (Å²) in [6, 6.07) is 0.0686. The second-order valence-electron chi connectivity index (χ2n) is 4.54. The van der Waals surface area contributed by atoms with E-state index in [1.165, 1.54) is 6.42 Å². The van der Waals surface area contributed by atoms with Gasteiger partial charge in [0.25, 0.3) is 0 Å². The van der Waals surface area contributed by atoms with Gasteiger partial charge in [0.2, 0.25) is 5.91 Å². The highest BCUT2D eigenvalue weighted by molar-refractivity contribution is 5.81. The lowest BCUT2D eigenvalue weighted by Gasteiger charge is -2.38. The van der Waals surface area contributed by atoms with Crippen molar-refractivity contribution in [1.29, 1.82) is 0 Å². The Labute approximate surface area is 86.6 Å². The molecule has 14 heavy (non-hydrogen) atoms. The number of carbonyl (C=O) groups is 1. The number of nitrogens with zero attached hydrogens (tertiary/aromatic N) is 1. The predicted octanol–water partition coefficient (Wildman–Crippen LogP) is 1.37. The van der Waals surface area contributed by atoms with Crippen LogP contribution in [0.1, 0.15) is 40.0 Å². The van der Waals surface area contributed by atoms with Gasteiger partial charge in [0, 0.05) is 12.6 Å². The Kier molecular flexibility index (Phi) is 3.93. The van der Waals surface area contributed by atoms with Crippen LogP contribution in [0.3, 0.4) is 0 Å². The molecule has 0 bridgehead atoms. The van der Waals surface area contributed by atoms with Gasteiger partial charge in [-0.2, -0.15) is 0 Å². The first-order valence-electron chi connectivity index (χ1n) is 5.62. The van der Waals surface area contributed by atoms with E-state index in [4.69, 9.17) is 5.73 Å². The second-order valence-corrected chi connectivity index (χ2v) is 4.54. The molecule has 1 rings (SSSR count). The number of hydrogen-bond donors (Lipinski definition) is 1. The maximum Gasteiger partial charge on any atom is 0.239 e. The van der Waals surface area contributed by atoms with Gasteiger partial charge in [0.1, 0.15) is 0 Å². The summed E-state index contributed by atoms with van der Waals surface area (Å²) < 4.78 is 0. The minimum Gasteiger partial charge on any atom is -0.338 e. The van der Waals surface area contributed by atoms with E-state index in [2.05, 4.69) is 13.8 Å². The Morgan fingerprint density at radius 3 is 2.71 bits per heavy atom. The van der Waals surface area contributed by atoms with E-state index in [0.29, 0.717) is 12.0 Å². The number of hydrogen-bond acceptors (Lipinski definition) is 2. The van der Waals surface area contributed by atoms with Crippen LogP contribution in [-0.4, -0.2) is 29.4 Å². The molecule has 1 fully saturated rings. The molecule has 0 aromatic carbocycles. The van der Waals surface area contributed by atoms with Crippen LogP contribution < -0.4 is 5.73 Å². The zero-order valence-electron chi connectivity index (χ0n) is 9.49. The summed E-state index contributed by atoms with van der Waals surface area (Å²) in [6.07, 6.45) is 3.08. The van der Waals surface area contributed by atoms with Gasteiger partial charge in [-0.15, -0.1) is 0 Å². The molecular formula is C11H22N2O. The highest BCUT2D eigenvalue weighted by Gasteiger charge is 2.29. The summed E-state index contributed by atoms with van der Waals surface area (Å²) >= 11 is 0. The quantitative estimate of drug-likeness (QED) is 0.728. The standard InChI is InChI=1S/C11H22N2O/c1-4-10(12)11(14)13-7-8(2)5-6-9(13)3/h8-10H,4-7,12H2,1-3H3/t8?,9?,10-/m0/s1. The van der Waals surface area contributed by atoms with Crippen LogP contribution in [-0.2, 0) is 4.79 Å². The molecular weight excluding hydrogens is 176 g/mol.